The Kier molecular flexibility index (Phi) is 6.13. The minimum absolute atomic E-state index is 0.117. The molecule has 0 radical (unpaired) electrons. The van der Waals surface area contributed by atoms with E-state index < -0.39 is 19.0 Å². The molecule has 0 unspecified atom stereocenters. The highest BCUT2D eigenvalue weighted by Crippen LogP contribution is 2.15. The van der Waals surface area contributed by atoms with E-state index in [2.05, 4.69) is 5.32 Å². The minimum Gasteiger partial charge on any atom is -0.478 e. The molecule has 1 aromatic heterocycles. The van der Waals surface area contributed by atoms with Gasteiger partial charge in [-0.2, -0.15) is 0 Å². The Morgan fingerprint density at radius 3 is 2.62 bits per heavy atom. The molecule has 0 aliphatic carbocycles. The number of hydrogen-bond acceptors (Lipinski definition) is 5. The van der Waals surface area contributed by atoms with E-state index in [9.17, 15) is 19.6 Å². The van der Waals surface area contributed by atoms with Gasteiger partial charge in [0.25, 0.3) is 0 Å². The first-order chi connectivity index (χ1) is 11.4. The molecule has 0 spiro atoms. The van der Waals surface area contributed by atoms with Gasteiger partial charge in [-0.15, -0.1) is 11.3 Å². The first-order valence-corrected chi connectivity index (χ1v) is 8.25. The smallest absolute Gasteiger partial charge is 0.475 e. The number of hydrogen-bond donors (Lipinski definition) is 4. The molecule has 1 heterocycles. The predicted molar refractivity (Wildman–Crippen MR) is 92.0 cm³/mol. The van der Waals surface area contributed by atoms with Crippen LogP contribution in [-0.2, 0) is 17.6 Å². The molecule has 0 aliphatic rings. The van der Waals surface area contributed by atoms with Crippen molar-refractivity contribution in [1.29, 1.82) is 0 Å². The van der Waals surface area contributed by atoms with E-state index in [0.29, 0.717) is 5.56 Å². The zero-order chi connectivity index (χ0) is 17.7. The molecule has 0 aliphatic heterocycles. The maximum absolute atomic E-state index is 12.1. The van der Waals surface area contributed by atoms with Gasteiger partial charge < -0.3 is 20.5 Å². The number of aryl methyl sites for hydroxylation is 1. The number of nitrogens with one attached hydrogen (secondary N) is 1. The summed E-state index contributed by atoms with van der Waals surface area (Å²) in [5.41, 5.74) is 1.58. The van der Waals surface area contributed by atoms with Crippen LogP contribution in [0.3, 0.4) is 0 Å². The van der Waals surface area contributed by atoms with Crippen molar-refractivity contribution in [3.8, 4) is 0 Å². The van der Waals surface area contributed by atoms with Gasteiger partial charge in [-0.25, -0.2) is 4.79 Å². The average molecular weight is 347 g/mol. The van der Waals surface area contributed by atoms with Crippen LogP contribution in [0.4, 0.5) is 0 Å². The topological polar surface area (TPSA) is 107 Å². The Morgan fingerprint density at radius 1 is 1.29 bits per heavy atom. The van der Waals surface area contributed by atoms with E-state index in [-0.39, 0.29) is 24.3 Å². The van der Waals surface area contributed by atoms with Crippen LogP contribution in [0.1, 0.15) is 26.4 Å². The van der Waals surface area contributed by atoms with Gasteiger partial charge in [0, 0.05) is 4.88 Å². The number of carbonyl (C=O) groups is 2. The standard InChI is InChI=1S/C16H18BNO5S/c1-10-4-5-11(16(20)21)7-12(10)8-14(17(22)23)18-15(19)9-13-3-2-6-24-13/h2-7,14,22-23H,8-9H2,1H3,(H,18,19)(H,20,21)/t14-/m0/s1. The summed E-state index contributed by atoms with van der Waals surface area (Å²) in [7, 11) is -1.75. The fourth-order valence-electron chi connectivity index (χ4n) is 2.32. The number of rotatable bonds is 7. The minimum atomic E-state index is -1.75. The summed E-state index contributed by atoms with van der Waals surface area (Å²) in [6.45, 7) is 1.80. The number of carbonyl (C=O) groups excluding carboxylic acids is 1. The largest absolute Gasteiger partial charge is 0.478 e. The highest BCUT2D eigenvalue weighted by atomic mass is 32.1. The quantitative estimate of drug-likeness (QED) is 0.560. The van der Waals surface area contributed by atoms with Crippen molar-refractivity contribution in [3.63, 3.8) is 0 Å². The normalized spacial score (nSPS) is 11.8. The molecule has 0 bridgehead atoms. The summed E-state index contributed by atoms with van der Waals surface area (Å²) >= 11 is 1.45. The Labute approximate surface area is 143 Å². The molecule has 126 valence electrons. The lowest BCUT2D eigenvalue weighted by molar-refractivity contribution is -0.120. The predicted octanol–water partition coefficient (Wildman–Crippen LogP) is 1.04. The molecule has 24 heavy (non-hydrogen) atoms. The van der Waals surface area contributed by atoms with Crippen molar-refractivity contribution in [2.24, 2.45) is 0 Å². The Bertz CT molecular complexity index is 717. The van der Waals surface area contributed by atoms with Gasteiger partial charge in [-0.3, -0.25) is 4.79 Å². The van der Waals surface area contributed by atoms with Crippen molar-refractivity contribution in [2.45, 2.75) is 25.7 Å². The second-order valence-corrected chi connectivity index (χ2v) is 6.53. The number of thiophene rings is 1. The average Bonchev–Trinajstić information content (AvgIpc) is 3.01. The molecule has 1 atom stereocenters. The third-order valence-electron chi connectivity index (χ3n) is 3.66. The van der Waals surface area contributed by atoms with Crippen molar-refractivity contribution < 1.29 is 24.7 Å². The first kappa shape index (κ1) is 18.2. The van der Waals surface area contributed by atoms with Gasteiger partial charge >= 0.3 is 13.1 Å². The van der Waals surface area contributed by atoms with Crippen molar-refractivity contribution in [2.75, 3.05) is 0 Å². The van der Waals surface area contributed by atoms with Crippen LogP contribution in [0, 0.1) is 6.92 Å². The van der Waals surface area contributed by atoms with Crippen molar-refractivity contribution in [1.82, 2.24) is 5.32 Å². The van der Waals surface area contributed by atoms with Crippen LogP contribution < -0.4 is 5.32 Å². The van der Waals surface area contributed by atoms with E-state index in [1.807, 2.05) is 17.5 Å². The lowest BCUT2D eigenvalue weighted by Gasteiger charge is -2.19. The number of carboxylic acids is 1. The molecule has 6 nitrogen and oxygen atoms in total. The fraction of sp³-hybridized carbons (Fsp3) is 0.250. The van der Waals surface area contributed by atoms with E-state index in [1.165, 1.54) is 23.5 Å². The van der Waals surface area contributed by atoms with Crippen LogP contribution in [-0.4, -0.2) is 40.1 Å². The van der Waals surface area contributed by atoms with Crippen LogP contribution in [0.25, 0.3) is 0 Å². The third-order valence-corrected chi connectivity index (χ3v) is 4.53. The van der Waals surface area contributed by atoms with Gasteiger partial charge in [-0.1, -0.05) is 12.1 Å². The number of benzene rings is 1. The molecule has 0 saturated heterocycles. The van der Waals surface area contributed by atoms with Gasteiger partial charge in [0.05, 0.1) is 17.9 Å². The highest BCUT2D eigenvalue weighted by molar-refractivity contribution is 7.10. The molecular weight excluding hydrogens is 329 g/mol. The molecule has 1 aromatic carbocycles. The van der Waals surface area contributed by atoms with Crippen LogP contribution >= 0.6 is 11.3 Å². The number of amides is 1. The van der Waals surface area contributed by atoms with E-state index >= 15 is 0 Å². The zero-order valence-electron chi connectivity index (χ0n) is 13.1. The lowest BCUT2D eigenvalue weighted by Crippen LogP contribution is -2.48. The Morgan fingerprint density at radius 2 is 2.04 bits per heavy atom. The van der Waals surface area contributed by atoms with Crippen molar-refractivity contribution in [3.05, 3.63) is 57.3 Å². The summed E-state index contributed by atoms with van der Waals surface area (Å²) in [6.07, 6.45) is 0.288. The van der Waals surface area contributed by atoms with Gasteiger partial charge in [0.15, 0.2) is 0 Å². The van der Waals surface area contributed by atoms with E-state index in [4.69, 9.17) is 5.11 Å². The monoisotopic (exact) mass is 347 g/mol. The molecule has 2 rings (SSSR count). The highest BCUT2D eigenvalue weighted by Gasteiger charge is 2.26. The third kappa shape index (κ3) is 4.92. The van der Waals surface area contributed by atoms with Gasteiger partial charge in [0.1, 0.15) is 0 Å². The molecular formula is C16H18BNO5S. The van der Waals surface area contributed by atoms with Crippen LogP contribution in [0.15, 0.2) is 35.7 Å². The fourth-order valence-corrected chi connectivity index (χ4v) is 3.03. The first-order valence-electron chi connectivity index (χ1n) is 7.37. The van der Waals surface area contributed by atoms with Crippen LogP contribution in [0.5, 0.6) is 0 Å². The summed E-state index contributed by atoms with van der Waals surface area (Å²) in [5, 5.41) is 32.6. The molecule has 2 aromatic rings. The summed E-state index contributed by atoms with van der Waals surface area (Å²) < 4.78 is 0. The van der Waals surface area contributed by atoms with Gasteiger partial charge in [0.2, 0.25) is 5.91 Å². The number of aromatic carboxylic acids is 1. The summed E-state index contributed by atoms with van der Waals surface area (Å²) in [4.78, 5) is 24.0. The second kappa shape index (κ2) is 8.10. The number of carboxylic acid groups (broad SMARTS) is 1. The molecule has 4 N–H and O–H groups in total. The van der Waals surface area contributed by atoms with Crippen LogP contribution in [0.2, 0.25) is 0 Å². The maximum Gasteiger partial charge on any atom is 0.475 e. The van der Waals surface area contributed by atoms with E-state index in [1.54, 1.807) is 13.0 Å². The zero-order valence-corrected chi connectivity index (χ0v) is 13.9. The Hall–Kier alpha value is -2.16. The molecule has 8 heteroatoms. The molecule has 0 fully saturated rings. The lowest BCUT2D eigenvalue weighted by atomic mass is 9.75. The molecule has 1 amide bonds. The summed E-state index contributed by atoms with van der Waals surface area (Å²) in [5.74, 6) is -2.29. The second-order valence-electron chi connectivity index (χ2n) is 5.49. The van der Waals surface area contributed by atoms with Crippen molar-refractivity contribution >= 4 is 30.3 Å². The maximum atomic E-state index is 12.1. The van der Waals surface area contributed by atoms with E-state index in [0.717, 1.165) is 10.4 Å². The molecule has 0 saturated carbocycles. The Balaban J connectivity index is 2.09. The van der Waals surface area contributed by atoms with Gasteiger partial charge in [-0.05, 0) is 48.1 Å². The summed E-state index contributed by atoms with van der Waals surface area (Å²) in [6, 6.07) is 8.30. The SMILES string of the molecule is Cc1ccc(C(=O)O)cc1C[C@H](NC(=O)Cc1cccs1)B(O)O.